The van der Waals surface area contributed by atoms with Crippen LogP contribution in [0.25, 0.3) is 0 Å². The van der Waals surface area contributed by atoms with Crippen molar-refractivity contribution in [3.05, 3.63) is 11.5 Å². The average Bonchev–Trinajstić information content (AvgIpc) is 2.29. The lowest BCUT2D eigenvalue weighted by atomic mass is 10.4. The van der Waals surface area contributed by atoms with Crippen LogP contribution in [0.3, 0.4) is 0 Å². The van der Waals surface area contributed by atoms with E-state index in [-0.39, 0.29) is 13.2 Å². The topological polar surface area (TPSA) is 62.6 Å². The van der Waals surface area contributed by atoms with Crippen molar-refractivity contribution >= 4 is 7.60 Å². The van der Waals surface area contributed by atoms with Crippen LogP contribution < -0.4 is 0 Å². The first kappa shape index (κ1) is 16.2. The Kier molecular flexibility index (Phi) is 7.90. The number of nitrogens with zero attached hydrogens (tertiary/aromatic N) is 2. The summed E-state index contributed by atoms with van der Waals surface area (Å²) >= 11 is 0. The molecule has 0 rings (SSSR count). The Balaban J connectivity index is 5.13. The van der Waals surface area contributed by atoms with Gasteiger partial charge in [-0.25, -0.2) is 0 Å². The number of hydrogen-bond acceptors (Lipinski definition) is 5. The molecule has 0 saturated heterocycles. The van der Waals surface area contributed by atoms with E-state index in [0.29, 0.717) is 18.8 Å². The SMILES string of the molecule is CCOP(=O)(/C=C(/C#N)N(CC)CC)OCC. The highest BCUT2D eigenvalue weighted by Crippen LogP contribution is 2.50. The molecule has 0 aliphatic heterocycles. The van der Waals surface area contributed by atoms with Gasteiger partial charge in [-0.1, -0.05) is 0 Å². The zero-order valence-electron chi connectivity index (χ0n) is 11.0. The quantitative estimate of drug-likeness (QED) is 0.496. The molecule has 0 heterocycles. The zero-order chi connectivity index (χ0) is 13.3. The van der Waals surface area contributed by atoms with Crippen LogP contribution in [0.5, 0.6) is 0 Å². The molecule has 98 valence electrons. The lowest BCUT2D eigenvalue weighted by Crippen LogP contribution is -2.21. The summed E-state index contributed by atoms with van der Waals surface area (Å²) in [6.07, 6.45) is 0. The lowest BCUT2D eigenvalue weighted by Gasteiger charge is -2.21. The molecule has 0 amide bonds. The molecule has 0 unspecified atom stereocenters. The van der Waals surface area contributed by atoms with Gasteiger partial charge in [0.05, 0.1) is 19.0 Å². The van der Waals surface area contributed by atoms with Gasteiger partial charge in [0.2, 0.25) is 0 Å². The highest BCUT2D eigenvalue weighted by Gasteiger charge is 2.22. The minimum absolute atomic E-state index is 0.282. The van der Waals surface area contributed by atoms with Crippen molar-refractivity contribution < 1.29 is 13.6 Å². The van der Waals surface area contributed by atoms with Gasteiger partial charge in [0.1, 0.15) is 11.8 Å². The van der Waals surface area contributed by atoms with Gasteiger partial charge < -0.3 is 13.9 Å². The predicted octanol–water partition coefficient (Wildman–Crippen LogP) is 2.96. The van der Waals surface area contributed by atoms with Crippen LogP contribution in [-0.4, -0.2) is 31.2 Å². The molecule has 6 heteroatoms. The summed E-state index contributed by atoms with van der Waals surface area (Å²) in [6, 6.07) is 2.03. The van der Waals surface area contributed by atoms with Crippen molar-refractivity contribution in [2.24, 2.45) is 0 Å². The molecule has 0 N–H and O–H groups in total. The number of nitriles is 1. The fourth-order valence-corrected chi connectivity index (χ4v) is 2.83. The van der Waals surface area contributed by atoms with E-state index in [4.69, 9.17) is 14.3 Å². The Bertz CT molecular complexity index is 322. The highest BCUT2D eigenvalue weighted by atomic mass is 31.2. The maximum absolute atomic E-state index is 12.2. The summed E-state index contributed by atoms with van der Waals surface area (Å²) in [4.78, 5) is 1.81. The molecule has 0 fully saturated rings. The van der Waals surface area contributed by atoms with Gasteiger partial charge in [0.25, 0.3) is 0 Å². The molecule has 0 aromatic rings. The van der Waals surface area contributed by atoms with Gasteiger partial charge in [-0.2, -0.15) is 5.26 Å². The minimum atomic E-state index is -3.30. The molecule has 0 aromatic heterocycles. The largest absolute Gasteiger partial charge is 0.363 e. The normalized spacial score (nSPS) is 12.3. The molecular weight excluding hydrogens is 239 g/mol. The van der Waals surface area contributed by atoms with Crippen LogP contribution in [-0.2, 0) is 13.6 Å². The van der Waals surface area contributed by atoms with E-state index in [1.807, 2.05) is 24.8 Å². The van der Waals surface area contributed by atoms with Crippen molar-refractivity contribution in [2.45, 2.75) is 27.7 Å². The van der Waals surface area contributed by atoms with Crippen molar-refractivity contribution in [3.8, 4) is 6.07 Å². The molecule has 5 nitrogen and oxygen atoms in total. The van der Waals surface area contributed by atoms with Crippen LogP contribution in [0.1, 0.15) is 27.7 Å². The van der Waals surface area contributed by atoms with Gasteiger partial charge >= 0.3 is 7.60 Å². The van der Waals surface area contributed by atoms with Gasteiger partial charge in [-0.05, 0) is 27.7 Å². The number of allylic oxidation sites excluding steroid dienone is 1. The smallest absolute Gasteiger partial charge is 0.356 e. The van der Waals surface area contributed by atoms with E-state index in [0.717, 1.165) is 0 Å². The van der Waals surface area contributed by atoms with Gasteiger partial charge in [-0.15, -0.1) is 0 Å². The molecular formula is C11H21N2O3P. The Labute approximate surface area is 104 Å². The van der Waals surface area contributed by atoms with Crippen LogP contribution in [0.2, 0.25) is 0 Å². The summed E-state index contributed by atoms with van der Waals surface area (Å²) in [5.74, 6) is 1.31. The summed E-state index contributed by atoms with van der Waals surface area (Å²) in [6.45, 7) is 9.26. The van der Waals surface area contributed by atoms with E-state index >= 15 is 0 Å². The maximum atomic E-state index is 12.2. The van der Waals surface area contributed by atoms with Crippen LogP contribution >= 0.6 is 7.60 Å². The Morgan fingerprint density at radius 1 is 1.24 bits per heavy atom. The number of hydrogen-bond donors (Lipinski definition) is 0. The second-order valence-corrected chi connectivity index (χ2v) is 5.03. The standard InChI is InChI=1S/C11H21N2O3P/c1-5-13(6-2)11(9-12)10-17(14,15-7-3)16-8-4/h10H,5-8H2,1-4H3/b11-10-. The summed E-state index contributed by atoms with van der Waals surface area (Å²) in [5.41, 5.74) is 0.334. The zero-order valence-corrected chi connectivity index (χ0v) is 11.9. The first-order chi connectivity index (χ1) is 8.06. The van der Waals surface area contributed by atoms with Gasteiger partial charge in [0, 0.05) is 13.1 Å². The number of rotatable bonds is 8. The first-order valence-electron chi connectivity index (χ1n) is 5.83. The summed E-state index contributed by atoms with van der Waals surface area (Å²) < 4.78 is 22.5. The molecule has 0 bridgehead atoms. The predicted molar refractivity (Wildman–Crippen MR) is 67.5 cm³/mol. The third-order valence-electron chi connectivity index (χ3n) is 2.12. The van der Waals surface area contributed by atoms with Crippen LogP contribution in [0.4, 0.5) is 0 Å². The molecule has 0 aliphatic carbocycles. The fraction of sp³-hybridized carbons (Fsp3) is 0.727. The van der Waals surface area contributed by atoms with E-state index < -0.39 is 7.60 Å². The molecule has 0 radical (unpaired) electrons. The van der Waals surface area contributed by atoms with Crippen molar-refractivity contribution in [2.75, 3.05) is 26.3 Å². The molecule has 0 aliphatic rings. The third kappa shape index (κ3) is 5.36. The molecule has 0 atom stereocenters. The molecule has 17 heavy (non-hydrogen) atoms. The van der Waals surface area contributed by atoms with Crippen LogP contribution in [0, 0.1) is 11.3 Å². The van der Waals surface area contributed by atoms with E-state index in [9.17, 15) is 4.57 Å². The van der Waals surface area contributed by atoms with E-state index in [1.165, 1.54) is 5.82 Å². The summed E-state index contributed by atoms with van der Waals surface area (Å²) in [7, 11) is -3.30. The maximum Gasteiger partial charge on any atom is 0.356 e. The van der Waals surface area contributed by atoms with E-state index in [1.54, 1.807) is 13.8 Å². The van der Waals surface area contributed by atoms with E-state index in [2.05, 4.69) is 0 Å². The average molecular weight is 260 g/mol. The Hall–Kier alpha value is -0.820. The van der Waals surface area contributed by atoms with Crippen molar-refractivity contribution in [1.82, 2.24) is 4.90 Å². The second-order valence-electron chi connectivity index (χ2n) is 3.17. The minimum Gasteiger partial charge on any atom is -0.363 e. The lowest BCUT2D eigenvalue weighted by molar-refractivity contribution is 0.228. The third-order valence-corrected chi connectivity index (χ3v) is 3.91. The van der Waals surface area contributed by atoms with Crippen LogP contribution in [0.15, 0.2) is 11.5 Å². The molecule has 0 spiro atoms. The molecule has 0 aromatic carbocycles. The van der Waals surface area contributed by atoms with Crippen molar-refractivity contribution in [1.29, 1.82) is 5.26 Å². The summed E-state index contributed by atoms with van der Waals surface area (Å²) in [5, 5.41) is 9.07. The van der Waals surface area contributed by atoms with Gasteiger partial charge in [-0.3, -0.25) is 4.57 Å². The fourth-order valence-electron chi connectivity index (χ4n) is 1.37. The highest BCUT2D eigenvalue weighted by molar-refractivity contribution is 7.57. The second kappa shape index (κ2) is 8.30. The Morgan fingerprint density at radius 3 is 2.00 bits per heavy atom. The Morgan fingerprint density at radius 2 is 1.71 bits per heavy atom. The monoisotopic (exact) mass is 260 g/mol. The van der Waals surface area contributed by atoms with Crippen molar-refractivity contribution in [3.63, 3.8) is 0 Å². The first-order valence-corrected chi connectivity index (χ1v) is 7.44. The molecule has 0 saturated carbocycles. The van der Waals surface area contributed by atoms with Gasteiger partial charge in [0.15, 0.2) is 0 Å².